The fourth-order valence-corrected chi connectivity index (χ4v) is 2.24. The lowest BCUT2D eigenvalue weighted by Crippen LogP contribution is -2.33. The summed E-state index contributed by atoms with van der Waals surface area (Å²) in [4.78, 5) is 24.5. The van der Waals surface area contributed by atoms with Gasteiger partial charge in [0.1, 0.15) is 5.75 Å². The molecule has 1 aromatic carbocycles. The minimum absolute atomic E-state index is 0.112. The van der Waals surface area contributed by atoms with Crippen LogP contribution in [0.4, 0.5) is 0 Å². The lowest BCUT2D eigenvalue weighted by atomic mass is 10.1. The molecule has 0 aliphatic heterocycles. The van der Waals surface area contributed by atoms with Gasteiger partial charge >= 0.3 is 5.97 Å². The molecule has 0 saturated heterocycles. The lowest BCUT2D eigenvalue weighted by molar-refractivity contribution is -0.141. The Morgan fingerprint density at radius 1 is 1.50 bits per heavy atom. The minimum atomic E-state index is -0.947. The molecular weight excluding hydrogens is 397 g/mol. The van der Waals surface area contributed by atoms with Crippen LogP contribution in [0.5, 0.6) is 5.75 Å². The van der Waals surface area contributed by atoms with Crippen molar-refractivity contribution in [1.82, 2.24) is 4.90 Å². The molecule has 0 aliphatic rings. The van der Waals surface area contributed by atoms with Gasteiger partial charge in [0.25, 0.3) is 5.91 Å². The summed E-state index contributed by atoms with van der Waals surface area (Å²) in [6.07, 6.45) is 0. The van der Waals surface area contributed by atoms with Gasteiger partial charge in [0.15, 0.2) is 0 Å². The predicted octanol–water partition coefficient (Wildman–Crippen LogP) is 2.75. The molecule has 1 rings (SSSR count). The number of carbonyl (C=O) groups is 2. The number of carbonyl (C=O) groups excluding carboxylic acids is 1. The summed E-state index contributed by atoms with van der Waals surface area (Å²) < 4.78 is 5.95. The molecule has 110 valence electrons. The van der Waals surface area contributed by atoms with Gasteiger partial charge in [0, 0.05) is 17.2 Å². The number of amides is 1. The highest BCUT2D eigenvalue weighted by Gasteiger charge is 2.22. The third-order valence-electron chi connectivity index (χ3n) is 2.79. The van der Waals surface area contributed by atoms with Gasteiger partial charge in [-0.15, -0.1) is 0 Å². The van der Waals surface area contributed by atoms with Crippen molar-refractivity contribution in [2.45, 2.75) is 6.92 Å². The van der Waals surface area contributed by atoms with E-state index in [1.807, 2.05) is 22.6 Å². The zero-order valence-corrected chi connectivity index (χ0v) is 14.2. The second-order valence-electron chi connectivity index (χ2n) is 4.39. The predicted molar refractivity (Wildman–Crippen MR) is 84.5 cm³/mol. The first kappa shape index (κ1) is 17.0. The van der Waals surface area contributed by atoms with Crippen molar-refractivity contribution >= 4 is 46.1 Å². The summed E-state index contributed by atoms with van der Waals surface area (Å²) in [5, 5.41) is 9.33. The van der Waals surface area contributed by atoms with Gasteiger partial charge in [0.05, 0.1) is 23.6 Å². The number of benzene rings is 1. The van der Waals surface area contributed by atoms with Crippen LogP contribution in [0.25, 0.3) is 0 Å². The molecule has 0 aliphatic carbocycles. The second kappa shape index (κ2) is 7.12. The number of nitrogens with zero attached hydrogens (tertiary/aromatic N) is 1. The van der Waals surface area contributed by atoms with Gasteiger partial charge in [-0.25, -0.2) is 0 Å². The van der Waals surface area contributed by atoms with Crippen molar-refractivity contribution in [3.8, 4) is 5.75 Å². The molecule has 0 spiro atoms. The molecule has 20 heavy (non-hydrogen) atoms. The van der Waals surface area contributed by atoms with Crippen LogP contribution in [0.3, 0.4) is 0 Å². The van der Waals surface area contributed by atoms with Crippen molar-refractivity contribution in [2.24, 2.45) is 5.92 Å². The fraction of sp³-hybridized carbons (Fsp3) is 0.385. The summed E-state index contributed by atoms with van der Waals surface area (Å²) in [6, 6.07) is 3.21. The topological polar surface area (TPSA) is 66.8 Å². The van der Waals surface area contributed by atoms with Crippen molar-refractivity contribution < 1.29 is 19.4 Å². The average molecular weight is 412 g/mol. The monoisotopic (exact) mass is 411 g/mol. The molecule has 0 bridgehead atoms. The Labute approximate surface area is 136 Å². The van der Waals surface area contributed by atoms with E-state index in [0.29, 0.717) is 16.3 Å². The van der Waals surface area contributed by atoms with E-state index < -0.39 is 11.9 Å². The number of rotatable bonds is 5. The normalized spacial score (nSPS) is 11.8. The molecule has 0 fully saturated rings. The van der Waals surface area contributed by atoms with Gasteiger partial charge < -0.3 is 14.7 Å². The van der Waals surface area contributed by atoms with Crippen molar-refractivity contribution in [3.05, 3.63) is 26.3 Å². The number of halogens is 2. The van der Waals surface area contributed by atoms with Crippen LogP contribution in [0, 0.1) is 9.49 Å². The van der Waals surface area contributed by atoms with Crippen LogP contribution in [0.2, 0.25) is 5.02 Å². The van der Waals surface area contributed by atoms with Crippen LogP contribution in [0.15, 0.2) is 12.1 Å². The fourth-order valence-electron chi connectivity index (χ4n) is 1.64. The van der Waals surface area contributed by atoms with E-state index in [4.69, 9.17) is 21.4 Å². The van der Waals surface area contributed by atoms with Gasteiger partial charge in [-0.3, -0.25) is 9.59 Å². The molecule has 1 aromatic rings. The SMILES string of the molecule is COc1cc(I)c(Cl)cc1C(=O)N(C)CC(C)C(=O)O. The number of carboxylic acids is 1. The van der Waals surface area contributed by atoms with E-state index >= 15 is 0 Å². The maximum atomic E-state index is 12.3. The van der Waals surface area contributed by atoms with Gasteiger partial charge in [-0.05, 0) is 34.7 Å². The number of methoxy groups -OCH3 is 1. The van der Waals surface area contributed by atoms with Gasteiger partial charge in [0.2, 0.25) is 0 Å². The van der Waals surface area contributed by atoms with Crippen LogP contribution in [0.1, 0.15) is 17.3 Å². The van der Waals surface area contributed by atoms with Crippen LogP contribution < -0.4 is 4.74 Å². The first-order valence-corrected chi connectivity index (χ1v) is 7.24. The quantitative estimate of drug-likeness (QED) is 0.757. The van der Waals surface area contributed by atoms with Crippen LogP contribution >= 0.6 is 34.2 Å². The Balaban J connectivity index is 3.02. The van der Waals surface area contributed by atoms with Crippen molar-refractivity contribution in [1.29, 1.82) is 0 Å². The zero-order chi connectivity index (χ0) is 15.4. The minimum Gasteiger partial charge on any atom is -0.496 e. The van der Waals surface area contributed by atoms with E-state index in [1.54, 1.807) is 20.0 Å². The Hall–Kier alpha value is -1.02. The summed E-state index contributed by atoms with van der Waals surface area (Å²) in [7, 11) is 3.02. The third kappa shape index (κ3) is 3.99. The van der Waals surface area contributed by atoms with E-state index in [2.05, 4.69) is 0 Å². The molecular formula is C13H15ClINO4. The van der Waals surface area contributed by atoms with Crippen molar-refractivity contribution in [2.75, 3.05) is 20.7 Å². The number of hydrogen-bond donors (Lipinski definition) is 1. The van der Waals surface area contributed by atoms with Gasteiger partial charge in [-0.1, -0.05) is 18.5 Å². The summed E-state index contributed by atoms with van der Waals surface area (Å²) >= 11 is 8.06. The molecule has 1 unspecified atom stereocenters. The molecule has 5 nitrogen and oxygen atoms in total. The van der Waals surface area contributed by atoms with Gasteiger partial charge in [-0.2, -0.15) is 0 Å². The zero-order valence-electron chi connectivity index (χ0n) is 11.3. The van der Waals surface area contributed by atoms with E-state index in [9.17, 15) is 9.59 Å². The molecule has 0 radical (unpaired) electrons. The number of aliphatic carboxylic acids is 1. The first-order chi connectivity index (χ1) is 9.27. The Morgan fingerprint density at radius 2 is 2.10 bits per heavy atom. The molecule has 7 heteroatoms. The molecule has 1 N–H and O–H groups in total. The highest BCUT2D eigenvalue weighted by atomic mass is 127. The average Bonchev–Trinajstić information content (AvgIpc) is 2.40. The summed E-state index contributed by atoms with van der Waals surface area (Å²) in [5.41, 5.74) is 0.318. The summed E-state index contributed by atoms with van der Waals surface area (Å²) in [6.45, 7) is 1.66. The standard InChI is InChI=1S/C13H15ClINO4/c1-7(13(18)19)6-16(2)12(17)8-4-9(14)10(15)5-11(8)20-3/h4-5,7H,6H2,1-3H3,(H,18,19). The molecule has 0 aromatic heterocycles. The van der Waals surface area contributed by atoms with Crippen LogP contribution in [-0.4, -0.2) is 42.6 Å². The van der Waals surface area contributed by atoms with E-state index in [0.717, 1.165) is 3.57 Å². The Bertz CT molecular complexity index is 535. The third-order valence-corrected chi connectivity index (χ3v) is 4.31. The molecule has 0 heterocycles. The molecule has 1 atom stereocenters. The maximum absolute atomic E-state index is 12.3. The molecule has 0 saturated carbocycles. The van der Waals surface area contributed by atoms with E-state index in [1.165, 1.54) is 18.1 Å². The number of carboxylic acid groups (broad SMARTS) is 1. The number of hydrogen-bond acceptors (Lipinski definition) is 3. The highest BCUT2D eigenvalue weighted by Crippen LogP contribution is 2.29. The Kier molecular flexibility index (Phi) is 6.07. The Morgan fingerprint density at radius 3 is 2.60 bits per heavy atom. The molecule has 1 amide bonds. The largest absolute Gasteiger partial charge is 0.496 e. The van der Waals surface area contributed by atoms with E-state index in [-0.39, 0.29) is 12.5 Å². The summed E-state index contributed by atoms with van der Waals surface area (Å²) in [5.74, 6) is -1.50. The van der Waals surface area contributed by atoms with Crippen molar-refractivity contribution in [3.63, 3.8) is 0 Å². The second-order valence-corrected chi connectivity index (χ2v) is 5.96. The smallest absolute Gasteiger partial charge is 0.308 e. The maximum Gasteiger partial charge on any atom is 0.308 e. The highest BCUT2D eigenvalue weighted by molar-refractivity contribution is 14.1. The first-order valence-electron chi connectivity index (χ1n) is 5.79. The lowest BCUT2D eigenvalue weighted by Gasteiger charge is -2.21. The van der Waals surface area contributed by atoms with Crippen LogP contribution in [-0.2, 0) is 4.79 Å². The number of ether oxygens (including phenoxy) is 1.